The van der Waals surface area contributed by atoms with Crippen LogP contribution in [0.3, 0.4) is 0 Å². The third-order valence-electron chi connectivity index (χ3n) is 2.40. The van der Waals surface area contributed by atoms with E-state index in [0.717, 1.165) is 0 Å². The smallest absolute Gasteiger partial charge is 0.217 e. The number of aliphatic hydroxyl groups is 1. The topological polar surface area (TPSA) is 98.7 Å². The molecule has 0 aliphatic heterocycles. The molecule has 18 heavy (non-hydrogen) atoms. The van der Waals surface area contributed by atoms with Gasteiger partial charge in [-0.1, -0.05) is 13.8 Å². The van der Waals surface area contributed by atoms with Crippen molar-refractivity contribution in [3.05, 3.63) is 0 Å². The number of nitrogens with one attached hydrogen (secondary N) is 2. The van der Waals surface area contributed by atoms with E-state index in [4.69, 9.17) is 4.09 Å². The van der Waals surface area contributed by atoms with Crippen molar-refractivity contribution >= 4 is 16.7 Å². The number of rotatable bonds is 9. The molecule has 1 amide bonds. The van der Waals surface area contributed by atoms with E-state index < -0.39 is 22.9 Å². The van der Waals surface area contributed by atoms with E-state index in [1.165, 1.54) is 11.9 Å². The summed E-state index contributed by atoms with van der Waals surface area (Å²) >= 11 is 0. The molecule has 110 valence electrons. The molecule has 2 unspecified atom stereocenters. The fourth-order valence-corrected chi connectivity index (χ4v) is 2.01. The van der Waals surface area contributed by atoms with Gasteiger partial charge in [0.2, 0.25) is 16.7 Å². The SMILES string of the molecule is [2H][3H].[3H]S(=O)(=O)NN(CCC)CC(O)C(CC)NC(C)=O. The molecule has 0 rings (SSSR count). The zero-order chi connectivity index (χ0) is 17.1. The Bertz CT molecular complexity index is 384. The number of hydrogen-bond donors (Lipinski definition) is 4. The summed E-state index contributed by atoms with van der Waals surface area (Å²) < 4.78 is 38.6. The predicted molar refractivity (Wildman–Crippen MR) is 71.3 cm³/mol. The van der Waals surface area contributed by atoms with Crippen molar-refractivity contribution in [2.24, 2.45) is 0 Å². The third-order valence-corrected chi connectivity index (χ3v) is 2.80. The molecule has 7 nitrogen and oxygen atoms in total. The van der Waals surface area contributed by atoms with Crippen molar-refractivity contribution in [3.8, 4) is 0 Å². The highest BCUT2D eigenvalue weighted by Gasteiger charge is 2.21. The standard InChI is InChI=1S/C10H23N3O4S.H2/c1-4-6-13(12-18(16)17)7-10(15)9(5-2)11-8(3)14;/h9-10,15,18H,4-7H2,1-3H3,(H,11,14)(H,12,16,17);1H/i18T;1+2D. The number of carbonyl (C=O) groups excluding carboxylic acids is 1. The first-order chi connectivity index (χ1) is 9.69. The Hall–Kier alpha value is -0.700. The molecule has 0 aliphatic carbocycles. The summed E-state index contributed by atoms with van der Waals surface area (Å²) in [7, 11) is -4.12. The number of hydrazine groups is 1. The molecule has 3 N–H and O–H groups in total. The minimum Gasteiger partial charge on any atom is -0.390 e. The molecule has 0 saturated carbocycles. The molecular formula is C10H25N3O4S. The maximum Gasteiger partial charge on any atom is 0.217 e. The Morgan fingerprint density at radius 2 is 2.28 bits per heavy atom. The average Bonchev–Trinajstić information content (AvgIpc) is 2.36. The van der Waals surface area contributed by atoms with Crippen LogP contribution >= 0.6 is 0 Å². The lowest BCUT2D eigenvalue weighted by Crippen LogP contribution is -2.50. The summed E-state index contributed by atoms with van der Waals surface area (Å²) in [4.78, 5) is 13.0. The molecule has 0 aliphatic rings. The lowest BCUT2D eigenvalue weighted by atomic mass is 10.1. The van der Waals surface area contributed by atoms with Crippen molar-refractivity contribution in [2.75, 3.05) is 13.1 Å². The Kier molecular flexibility index (Phi) is 7.06. The first kappa shape index (κ1) is 13.7. The molecule has 0 bridgehead atoms. The second-order valence-electron chi connectivity index (χ2n) is 4.05. The van der Waals surface area contributed by atoms with E-state index in [1.807, 2.05) is 18.7 Å². The molecule has 0 heterocycles. The first-order valence-electron chi connectivity index (χ1n) is 7.37. The second kappa shape index (κ2) is 9.26. The number of carbonyl (C=O) groups is 1. The number of aliphatic hydroxyl groups excluding tert-OH is 1. The maximum atomic E-state index is 11.0. The highest BCUT2D eigenvalue weighted by Crippen LogP contribution is 2.01. The molecule has 2 atom stereocenters. The largest absolute Gasteiger partial charge is 0.390 e. The summed E-state index contributed by atoms with van der Waals surface area (Å²) in [5.41, 5.74) is 0. The molecular weight excluding hydrogens is 258 g/mol. The van der Waals surface area contributed by atoms with E-state index >= 15 is 0 Å². The van der Waals surface area contributed by atoms with Gasteiger partial charge in [-0.2, -0.15) is 4.83 Å². The van der Waals surface area contributed by atoms with Crippen molar-refractivity contribution < 1.29 is 21.3 Å². The monoisotopic (exact) mass is 288 g/mol. The fourth-order valence-electron chi connectivity index (χ4n) is 1.63. The summed E-state index contributed by atoms with van der Waals surface area (Å²) in [6.45, 7) is 5.38. The van der Waals surface area contributed by atoms with E-state index in [1.54, 1.807) is 0 Å². The van der Waals surface area contributed by atoms with Gasteiger partial charge >= 0.3 is 0 Å². The number of thiol groups is 1. The quantitative estimate of drug-likeness (QED) is 0.330. The Balaban J connectivity index is 0. The van der Waals surface area contributed by atoms with Crippen LogP contribution in [0.25, 0.3) is 0 Å². The van der Waals surface area contributed by atoms with Crippen LogP contribution < -0.4 is 10.1 Å². The van der Waals surface area contributed by atoms with Gasteiger partial charge in [0, 0.05) is 23.0 Å². The van der Waals surface area contributed by atoms with Crippen molar-refractivity contribution in [1.29, 1.82) is 1.12 Å². The lowest BCUT2D eigenvalue weighted by molar-refractivity contribution is -0.120. The zero-order valence-corrected chi connectivity index (χ0v) is 11.8. The van der Waals surface area contributed by atoms with E-state index in [9.17, 15) is 18.3 Å². The van der Waals surface area contributed by atoms with Gasteiger partial charge in [0.05, 0.1) is 12.1 Å². The van der Waals surface area contributed by atoms with Crippen molar-refractivity contribution in [1.82, 2.24) is 15.2 Å². The van der Waals surface area contributed by atoms with Crippen molar-refractivity contribution in [2.45, 2.75) is 45.8 Å². The van der Waals surface area contributed by atoms with Gasteiger partial charge in [-0.15, -0.1) is 0 Å². The first-order valence-corrected chi connectivity index (χ1v) is 7.03. The van der Waals surface area contributed by atoms with E-state index in [-0.39, 0.29) is 12.5 Å². The van der Waals surface area contributed by atoms with Crippen LogP contribution in [0.1, 0.15) is 36.6 Å². The normalized spacial score (nSPS) is 16.6. The summed E-state index contributed by atoms with van der Waals surface area (Å²) in [6.07, 6.45) is 0.259. The van der Waals surface area contributed by atoms with Gasteiger partial charge in [0.15, 0.2) is 1.12 Å². The predicted octanol–water partition coefficient (Wildman–Crippen LogP) is -0.749. The molecule has 0 aromatic carbocycles. The maximum absolute atomic E-state index is 11.0. The lowest BCUT2D eigenvalue weighted by Gasteiger charge is -2.27. The van der Waals surface area contributed by atoms with Crippen LogP contribution in [0.4, 0.5) is 0 Å². The zero-order valence-electron chi connectivity index (χ0n) is 14.0. The molecule has 0 aromatic rings. The summed E-state index contributed by atoms with van der Waals surface area (Å²) in [6, 6.07) is -0.452. The van der Waals surface area contributed by atoms with Gasteiger partial charge in [-0.3, -0.25) is 4.79 Å². The van der Waals surface area contributed by atoms with Crippen LogP contribution in [0.2, 0.25) is 0 Å². The highest BCUT2D eigenvalue weighted by molar-refractivity contribution is 7.70. The molecule has 0 spiro atoms. The van der Waals surface area contributed by atoms with Gasteiger partial charge in [0.1, 0.15) is 0 Å². The average molecular weight is 288 g/mol. The Morgan fingerprint density at radius 1 is 1.67 bits per heavy atom. The van der Waals surface area contributed by atoms with E-state index in [2.05, 4.69) is 5.32 Å². The Morgan fingerprint density at radius 3 is 2.67 bits per heavy atom. The van der Waals surface area contributed by atoms with Gasteiger partial charge in [0.25, 0.3) is 0 Å². The molecule has 0 saturated heterocycles. The van der Waals surface area contributed by atoms with Crippen molar-refractivity contribution in [3.63, 3.8) is 0 Å². The number of amides is 1. The number of hydrogen-bond acceptors (Lipinski definition) is 5. The van der Waals surface area contributed by atoms with Gasteiger partial charge in [-0.05, 0) is 12.8 Å². The fraction of sp³-hybridized carbons (Fsp3) is 0.900. The molecule has 0 radical (unpaired) electrons. The van der Waals surface area contributed by atoms with Crippen LogP contribution in [0.5, 0.6) is 0 Å². The number of nitrogens with zero attached hydrogens (tertiary/aromatic N) is 1. The molecule has 8 heteroatoms. The third kappa shape index (κ3) is 7.59. The van der Waals surface area contributed by atoms with Gasteiger partial charge in [-0.25, -0.2) is 13.4 Å². The molecule has 0 aromatic heterocycles. The summed E-state index contributed by atoms with van der Waals surface area (Å²) in [5.74, 6) is -0.256. The van der Waals surface area contributed by atoms with Crippen LogP contribution in [0, 0.1) is 0 Å². The summed E-state index contributed by atoms with van der Waals surface area (Å²) in [5, 5.41) is 13.9. The van der Waals surface area contributed by atoms with Crippen LogP contribution in [0.15, 0.2) is 0 Å². The van der Waals surface area contributed by atoms with E-state index in [0.29, 0.717) is 19.4 Å². The minimum absolute atomic E-state index is 0.00470. The molecule has 0 fully saturated rings. The van der Waals surface area contributed by atoms with Crippen LogP contribution in [-0.2, 0) is 15.6 Å². The second-order valence-corrected chi connectivity index (χ2v) is 4.71. The van der Waals surface area contributed by atoms with Crippen LogP contribution in [-0.4, -0.2) is 50.8 Å². The Labute approximate surface area is 114 Å². The minimum atomic E-state index is -4.12. The van der Waals surface area contributed by atoms with Gasteiger partial charge < -0.3 is 10.4 Å². The highest BCUT2D eigenvalue weighted by atomic mass is 32.2.